The Balaban J connectivity index is 2.21. The van der Waals surface area contributed by atoms with Crippen LogP contribution < -0.4 is 0 Å². The minimum Gasteiger partial charge on any atom is -0.450 e. The van der Waals surface area contributed by atoms with Crippen molar-refractivity contribution in [1.29, 1.82) is 0 Å². The van der Waals surface area contributed by atoms with E-state index in [2.05, 4.69) is 11.8 Å². The lowest BCUT2D eigenvalue weighted by Gasteiger charge is -2.36. The molecule has 0 radical (unpaired) electrons. The van der Waals surface area contributed by atoms with Crippen LogP contribution in [0.2, 0.25) is 0 Å². The number of benzene rings is 1. The Kier molecular flexibility index (Phi) is 4.18. The molecule has 2 rings (SSSR count). The first-order valence-electron chi connectivity index (χ1n) is 13.7. The van der Waals surface area contributed by atoms with Gasteiger partial charge in [-0.3, -0.25) is 4.90 Å². The molecule has 0 unspecified atom stereocenters. The van der Waals surface area contributed by atoms with E-state index < -0.39 is 51.4 Å². The average Bonchev–Trinajstić information content (AvgIpc) is 2.79. The van der Waals surface area contributed by atoms with Crippen molar-refractivity contribution in [3.8, 4) is 11.8 Å². The molecule has 0 saturated heterocycles. The van der Waals surface area contributed by atoms with E-state index in [9.17, 15) is 9.90 Å². The number of hydrogen-bond donors (Lipinski definition) is 1. The van der Waals surface area contributed by atoms with Gasteiger partial charge in [0, 0.05) is 19.6 Å². The number of nitrogens with zero attached hydrogens (tertiary/aromatic N) is 1. The average molecular weight is 368 g/mol. The third-order valence-corrected chi connectivity index (χ3v) is 4.63. The highest BCUT2D eigenvalue weighted by molar-refractivity contribution is 5.81. The number of carbonyl (C=O) groups is 1. The van der Waals surface area contributed by atoms with Gasteiger partial charge in [0.05, 0.1) is 6.54 Å². The van der Waals surface area contributed by atoms with Crippen LogP contribution in [0.5, 0.6) is 0 Å². The summed E-state index contributed by atoms with van der Waals surface area (Å²) in [7, 11) is 0. The molecule has 1 aliphatic rings. The van der Waals surface area contributed by atoms with Gasteiger partial charge in [0.2, 0.25) is 0 Å². The lowest BCUT2D eigenvalue weighted by Crippen LogP contribution is -2.45. The molecule has 1 aliphatic carbocycles. The minimum absolute atomic E-state index is 0.0250. The van der Waals surface area contributed by atoms with E-state index in [0.29, 0.717) is 18.4 Å². The molecule has 4 heteroatoms. The van der Waals surface area contributed by atoms with Crippen molar-refractivity contribution in [2.24, 2.45) is 5.92 Å². The zero-order chi connectivity index (χ0) is 27.4. The first-order valence-corrected chi connectivity index (χ1v) is 8.66. The Morgan fingerprint density at radius 3 is 2.62 bits per heavy atom. The molecule has 1 aromatic carbocycles. The van der Waals surface area contributed by atoms with Gasteiger partial charge in [0.15, 0.2) is 12.2 Å². The van der Waals surface area contributed by atoms with Crippen molar-refractivity contribution < 1.29 is 28.3 Å². The van der Waals surface area contributed by atoms with Gasteiger partial charge in [-0.1, -0.05) is 75.1 Å². The van der Waals surface area contributed by atoms with Crippen LogP contribution in [0.25, 0.3) is 0 Å². The van der Waals surface area contributed by atoms with Crippen LogP contribution in [0.4, 0.5) is 0 Å². The molecular weight excluding hydrogens is 326 g/mol. The van der Waals surface area contributed by atoms with Gasteiger partial charge in [0.1, 0.15) is 0 Å². The zero-order valence-corrected chi connectivity index (χ0v) is 14.6. The second-order valence-electron chi connectivity index (χ2n) is 6.21. The Morgan fingerprint density at radius 1 is 1.27 bits per heavy atom. The smallest absolute Gasteiger partial charge is 0.344 e. The van der Waals surface area contributed by atoms with Crippen molar-refractivity contribution in [2.75, 3.05) is 26.1 Å². The van der Waals surface area contributed by atoms with Crippen molar-refractivity contribution in [2.45, 2.75) is 51.4 Å². The summed E-state index contributed by atoms with van der Waals surface area (Å²) in [6, 6.07) is 8.41. The highest BCUT2D eigenvalue weighted by Crippen LogP contribution is 2.40. The lowest BCUT2D eigenvalue weighted by molar-refractivity contribution is -0.174. The predicted molar refractivity (Wildman–Crippen MR) is 103 cm³/mol. The second-order valence-corrected chi connectivity index (χ2v) is 6.21. The summed E-state index contributed by atoms with van der Waals surface area (Å²) in [6.45, 7) is -14.9. The monoisotopic (exact) mass is 367 g/mol. The van der Waals surface area contributed by atoms with Gasteiger partial charge in [-0.2, -0.15) is 0 Å². The van der Waals surface area contributed by atoms with E-state index in [0.717, 1.165) is 19.3 Å². The predicted octanol–water partition coefficient (Wildman–Crippen LogP) is 3.34. The Hall–Kier alpha value is -1.83. The number of hydrogen-bond acceptors (Lipinski definition) is 4. The fourth-order valence-electron chi connectivity index (χ4n) is 3.24. The Morgan fingerprint density at radius 2 is 1.96 bits per heavy atom. The van der Waals surface area contributed by atoms with Gasteiger partial charge in [-0.15, -0.1) is 0 Å². The van der Waals surface area contributed by atoms with Crippen molar-refractivity contribution in [3.63, 3.8) is 0 Å². The van der Waals surface area contributed by atoms with Gasteiger partial charge >= 0.3 is 5.97 Å². The molecule has 1 aromatic rings. The number of carbonyl (C=O) groups excluding carboxylic acids is 1. The SMILES string of the molecule is [2H]C([2H])([2H])C([2H])([2H])N(CC#CCOC(=O)[C@@](O)(c1ccccc1)C1CCCCC1)C([2H])([2H])C([2H])([2H])[2H]. The molecule has 0 spiro atoms. The Bertz CT molecular complexity index is 921. The highest BCUT2D eigenvalue weighted by Gasteiger charge is 2.46. The number of aliphatic hydroxyl groups is 1. The highest BCUT2D eigenvalue weighted by atomic mass is 16.5. The van der Waals surface area contributed by atoms with Crippen LogP contribution in [0.15, 0.2) is 30.3 Å². The zero-order valence-electron chi connectivity index (χ0n) is 24.6. The molecule has 142 valence electrons. The van der Waals surface area contributed by atoms with Crippen molar-refractivity contribution in [1.82, 2.24) is 4.90 Å². The molecule has 0 aromatic heterocycles. The topological polar surface area (TPSA) is 49.8 Å². The van der Waals surface area contributed by atoms with Gasteiger partial charge in [-0.05, 0) is 31.4 Å². The molecule has 0 amide bonds. The Labute approximate surface area is 171 Å². The molecule has 1 atom stereocenters. The summed E-state index contributed by atoms with van der Waals surface area (Å²) in [6.07, 6.45) is 4.00. The summed E-state index contributed by atoms with van der Waals surface area (Å²) < 4.78 is 81.0. The van der Waals surface area contributed by atoms with Crippen LogP contribution >= 0.6 is 0 Å². The largest absolute Gasteiger partial charge is 0.450 e. The van der Waals surface area contributed by atoms with E-state index in [4.69, 9.17) is 18.4 Å². The minimum atomic E-state index is -3.37. The maximum Gasteiger partial charge on any atom is 0.344 e. The van der Waals surface area contributed by atoms with E-state index in [-0.39, 0.29) is 10.8 Å². The maximum atomic E-state index is 13.0. The third kappa shape index (κ3) is 5.09. The summed E-state index contributed by atoms with van der Waals surface area (Å²) in [5.41, 5.74) is -1.51. The number of esters is 1. The molecule has 1 N–H and O–H groups in total. The second kappa shape index (κ2) is 10.4. The van der Waals surface area contributed by atoms with Gasteiger partial charge in [0.25, 0.3) is 0 Å². The molecule has 0 bridgehead atoms. The first kappa shape index (κ1) is 10.5. The van der Waals surface area contributed by atoms with Gasteiger partial charge in [-0.25, -0.2) is 4.79 Å². The molecular formula is C22H31NO3. The molecule has 0 aliphatic heterocycles. The normalized spacial score (nSPS) is 25.0. The van der Waals surface area contributed by atoms with Crippen molar-refractivity contribution >= 4 is 5.97 Å². The molecule has 1 fully saturated rings. The quantitative estimate of drug-likeness (QED) is 0.593. The van der Waals surface area contributed by atoms with E-state index >= 15 is 0 Å². The molecule has 1 saturated carbocycles. The van der Waals surface area contributed by atoms with E-state index in [1.165, 1.54) is 0 Å². The lowest BCUT2D eigenvalue weighted by atomic mass is 9.73. The number of ether oxygens (including phenoxy) is 1. The number of rotatable bonds is 7. The third-order valence-electron chi connectivity index (χ3n) is 4.63. The van der Waals surface area contributed by atoms with Crippen LogP contribution in [0.3, 0.4) is 0 Å². The summed E-state index contributed by atoms with van der Waals surface area (Å²) >= 11 is 0. The van der Waals surface area contributed by atoms with Crippen molar-refractivity contribution in [3.05, 3.63) is 35.9 Å². The standard InChI is InChI=1S/C22H31NO3/c1-3-23(4-2)17-11-12-18-26-21(24)22(25,19-13-7-5-8-14-19)20-15-9-6-10-16-20/h5,7-8,13-14,20,25H,3-4,6,9-10,15-18H2,1-2H3/t22-/m1/s1/i1D3,2D3,3D2,4D2. The van der Waals surface area contributed by atoms with Crippen LogP contribution in [-0.2, 0) is 15.1 Å². The van der Waals surface area contributed by atoms with E-state index in [1.807, 2.05) is 0 Å². The summed E-state index contributed by atoms with van der Waals surface area (Å²) in [5, 5.41) is 11.5. The van der Waals surface area contributed by atoms with Crippen LogP contribution in [0, 0.1) is 17.8 Å². The van der Waals surface area contributed by atoms with Crippen LogP contribution in [0.1, 0.15) is 65.1 Å². The van der Waals surface area contributed by atoms with Crippen LogP contribution in [-0.4, -0.2) is 42.1 Å². The van der Waals surface area contributed by atoms with Gasteiger partial charge < -0.3 is 9.84 Å². The summed E-state index contributed by atoms with van der Waals surface area (Å²) in [5.74, 6) is 3.41. The fraction of sp³-hybridized carbons (Fsp3) is 0.591. The molecule has 26 heavy (non-hydrogen) atoms. The maximum absolute atomic E-state index is 13.0. The summed E-state index contributed by atoms with van der Waals surface area (Å²) in [4.78, 5) is 13.0. The molecule has 0 heterocycles. The fourth-order valence-corrected chi connectivity index (χ4v) is 3.24. The first-order chi connectivity index (χ1) is 16.5. The molecule has 4 nitrogen and oxygen atoms in total. The van der Waals surface area contributed by atoms with E-state index in [1.54, 1.807) is 30.3 Å².